The smallest absolute Gasteiger partial charge is 0.283 e. The average molecular weight is 261 g/mol. The van der Waals surface area contributed by atoms with Gasteiger partial charge >= 0.3 is 0 Å². The van der Waals surface area contributed by atoms with Crippen molar-refractivity contribution < 1.29 is 9.76 Å². The lowest BCUT2D eigenvalue weighted by atomic mass is 10.2. The van der Waals surface area contributed by atoms with Gasteiger partial charge in [-0.15, -0.1) is 0 Å². The van der Waals surface area contributed by atoms with Crippen molar-refractivity contribution in [2.45, 2.75) is 6.54 Å². The van der Waals surface area contributed by atoms with E-state index in [9.17, 15) is 10.1 Å². The van der Waals surface area contributed by atoms with E-state index < -0.39 is 4.92 Å². The van der Waals surface area contributed by atoms with E-state index in [1.165, 1.54) is 13.2 Å². The van der Waals surface area contributed by atoms with Crippen molar-refractivity contribution in [3.63, 3.8) is 0 Å². The molecule has 0 radical (unpaired) electrons. The Labute approximate surface area is 89.3 Å². The molecule has 0 heterocycles. The summed E-state index contributed by atoms with van der Waals surface area (Å²) in [6.07, 6.45) is 0. The molecule has 0 aliphatic carbocycles. The van der Waals surface area contributed by atoms with Crippen molar-refractivity contribution in [2.24, 2.45) is 0 Å². The maximum Gasteiger partial charge on any atom is 0.283 e. The minimum Gasteiger partial charge on any atom is -0.305 e. The summed E-state index contributed by atoms with van der Waals surface area (Å²) in [4.78, 5) is 14.8. The van der Waals surface area contributed by atoms with Gasteiger partial charge in [-0.3, -0.25) is 10.1 Å². The predicted octanol–water partition coefficient (Wildman–Crippen LogP) is 2.01. The van der Waals surface area contributed by atoms with Crippen LogP contribution in [0.25, 0.3) is 0 Å². The highest BCUT2D eigenvalue weighted by molar-refractivity contribution is 9.10. The highest BCUT2D eigenvalue weighted by Gasteiger charge is 2.13. The van der Waals surface area contributed by atoms with Crippen LogP contribution >= 0.6 is 15.9 Å². The van der Waals surface area contributed by atoms with Crippen molar-refractivity contribution >= 4 is 21.6 Å². The van der Waals surface area contributed by atoms with Crippen molar-refractivity contribution in [3.8, 4) is 0 Å². The molecule has 0 saturated heterocycles. The van der Waals surface area contributed by atoms with Crippen LogP contribution in [-0.4, -0.2) is 12.0 Å². The summed E-state index contributed by atoms with van der Waals surface area (Å²) in [5.41, 5.74) is 3.45. The third kappa shape index (κ3) is 2.50. The number of benzene rings is 1. The van der Waals surface area contributed by atoms with Crippen LogP contribution in [0.15, 0.2) is 22.7 Å². The summed E-state index contributed by atoms with van der Waals surface area (Å²) in [5.74, 6) is 0. The molecule has 0 aromatic heterocycles. The van der Waals surface area contributed by atoms with Gasteiger partial charge in [-0.25, -0.2) is 0 Å². The van der Waals surface area contributed by atoms with Crippen LogP contribution in [0.3, 0.4) is 0 Å². The molecule has 0 bridgehead atoms. The SMILES string of the molecule is CONCc1cccc([N+](=O)[O-])c1Br. The zero-order valence-corrected chi connectivity index (χ0v) is 9.08. The van der Waals surface area contributed by atoms with Gasteiger partial charge in [0.05, 0.1) is 16.5 Å². The standard InChI is InChI=1S/C8H9BrN2O3/c1-14-10-5-6-3-2-4-7(8(6)9)11(12)13/h2-4,10H,5H2,1H3. The number of nitro benzene ring substituents is 1. The number of hydrogen-bond acceptors (Lipinski definition) is 4. The average Bonchev–Trinajstić information content (AvgIpc) is 2.16. The molecule has 0 saturated carbocycles. The normalized spacial score (nSPS) is 10.1. The van der Waals surface area contributed by atoms with Crippen LogP contribution in [-0.2, 0) is 11.4 Å². The van der Waals surface area contributed by atoms with E-state index in [-0.39, 0.29) is 5.69 Å². The van der Waals surface area contributed by atoms with Gasteiger partial charge in [0.25, 0.3) is 5.69 Å². The maximum atomic E-state index is 10.6. The number of hydroxylamine groups is 1. The summed E-state index contributed by atoms with van der Waals surface area (Å²) in [6, 6.07) is 4.86. The van der Waals surface area contributed by atoms with Gasteiger partial charge in [0, 0.05) is 12.6 Å². The largest absolute Gasteiger partial charge is 0.305 e. The van der Waals surface area contributed by atoms with E-state index >= 15 is 0 Å². The lowest BCUT2D eigenvalue weighted by molar-refractivity contribution is -0.385. The summed E-state index contributed by atoms with van der Waals surface area (Å²) in [5, 5.41) is 10.6. The Morgan fingerprint density at radius 1 is 1.64 bits per heavy atom. The lowest BCUT2D eigenvalue weighted by Crippen LogP contribution is -2.11. The molecule has 0 unspecified atom stereocenters. The highest BCUT2D eigenvalue weighted by Crippen LogP contribution is 2.27. The fraction of sp³-hybridized carbons (Fsp3) is 0.250. The number of halogens is 1. The van der Waals surface area contributed by atoms with Crippen LogP contribution in [0.4, 0.5) is 5.69 Å². The van der Waals surface area contributed by atoms with Crippen molar-refractivity contribution in [2.75, 3.05) is 7.11 Å². The van der Waals surface area contributed by atoms with Crippen LogP contribution in [0.1, 0.15) is 5.56 Å². The molecule has 14 heavy (non-hydrogen) atoms. The van der Waals surface area contributed by atoms with Gasteiger partial charge in [-0.1, -0.05) is 12.1 Å². The number of nitrogens with one attached hydrogen (secondary N) is 1. The lowest BCUT2D eigenvalue weighted by Gasteiger charge is -2.04. The molecule has 6 heteroatoms. The van der Waals surface area contributed by atoms with Gasteiger partial charge in [-0.2, -0.15) is 5.48 Å². The van der Waals surface area contributed by atoms with Crippen molar-refractivity contribution in [3.05, 3.63) is 38.3 Å². The Kier molecular flexibility index (Phi) is 3.99. The summed E-state index contributed by atoms with van der Waals surface area (Å²) in [6.45, 7) is 0.415. The first-order chi connectivity index (χ1) is 6.66. The minimum absolute atomic E-state index is 0.0559. The molecule has 0 fully saturated rings. The van der Waals surface area contributed by atoms with E-state index in [0.717, 1.165) is 5.56 Å². The summed E-state index contributed by atoms with van der Waals surface area (Å²) >= 11 is 3.17. The van der Waals surface area contributed by atoms with Crippen molar-refractivity contribution in [1.82, 2.24) is 5.48 Å². The fourth-order valence-corrected chi connectivity index (χ4v) is 1.54. The van der Waals surface area contributed by atoms with E-state index in [1.807, 2.05) is 0 Å². The molecule has 1 aromatic carbocycles. The number of hydrogen-bond donors (Lipinski definition) is 1. The zero-order chi connectivity index (χ0) is 10.6. The molecule has 5 nitrogen and oxygen atoms in total. The number of rotatable bonds is 4. The third-order valence-electron chi connectivity index (χ3n) is 1.66. The third-order valence-corrected chi connectivity index (χ3v) is 2.58. The van der Waals surface area contributed by atoms with Crippen LogP contribution in [0.5, 0.6) is 0 Å². The van der Waals surface area contributed by atoms with Gasteiger partial charge in [0.2, 0.25) is 0 Å². The first kappa shape index (κ1) is 11.1. The highest BCUT2D eigenvalue weighted by atomic mass is 79.9. The summed E-state index contributed by atoms with van der Waals surface area (Å²) in [7, 11) is 1.49. The second-order valence-electron chi connectivity index (χ2n) is 2.53. The Balaban J connectivity index is 2.95. The molecule has 0 spiro atoms. The Hall–Kier alpha value is -0.980. The van der Waals surface area contributed by atoms with E-state index in [4.69, 9.17) is 0 Å². The molecular weight excluding hydrogens is 252 g/mol. The molecule has 1 rings (SSSR count). The summed E-state index contributed by atoms with van der Waals surface area (Å²) < 4.78 is 0.481. The van der Waals surface area contributed by atoms with E-state index in [2.05, 4.69) is 26.2 Å². The Bertz CT molecular complexity index is 343. The quantitative estimate of drug-likeness (QED) is 0.665. The van der Waals surface area contributed by atoms with Gasteiger partial charge < -0.3 is 4.84 Å². The second kappa shape index (κ2) is 5.04. The first-order valence-corrected chi connectivity index (χ1v) is 4.63. The minimum atomic E-state index is -0.430. The molecular formula is C8H9BrN2O3. The van der Waals surface area contributed by atoms with E-state index in [0.29, 0.717) is 11.0 Å². The molecule has 0 aliphatic heterocycles. The van der Waals surface area contributed by atoms with Crippen LogP contribution in [0, 0.1) is 10.1 Å². The molecule has 0 atom stereocenters. The number of nitrogens with zero attached hydrogens (tertiary/aromatic N) is 1. The molecule has 0 amide bonds. The van der Waals surface area contributed by atoms with E-state index in [1.54, 1.807) is 12.1 Å². The Morgan fingerprint density at radius 2 is 2.36 bits per heavy atom. The van der Waals surface area contributed by atoms with Gasteiger partial charge in [0.1, 0.15) is 0 Å². The maximum absolute atomic E-state index is 10.6. The fourth-order valence-electron chi connectivity index (χ4n) is 0.994. The molecule has 76 valence electrons. The first-order valence-electron chi connectivity index (χ1n) is 3.84. The molecule has 1 N–H and O–H groups in total. The zero-order valence-electron chi connectivity index (χ0n) is 7.49. The van der Waals surface area contributed by atoms with Crippen molar-refractivity contribution in [1.29, 1.82) is 0 Å². The molecule has 0 aliphatic rings. The number of nitro groups is 1. The van der Waals surface area contributed by atoms with Gasteiger partial charge in [0.15, 0.2) is 0 Å². The van der Waals surface area contributed by atoms with Crippen LogP contribution < -0.4 is 5.48 Å². The second-order valence-corrected chi connectivity index (χ2v) is 3.33. The monoisotopic (exact) mass is 260 g/mol. The topological polar surface area (TPSA) is 64.4 Å². The molecule has 1 aromatic rings. The predicted molar refractivity (Wildman–Crippen MR) is 54.6 cm³/mol. The van der Waals surface area contributed by atoms with Gasteiger partial charge in [-0.05, 0) is 21.5 Å². The van der Waals surface area contributed by atoms with Crippen LogP contribution in [0.2, 0.25) is 0 Å². The Morgan fingerprint density at radius 3 is 2.93 bits per heavy atom.